The maximum atomic E-state index is 12.6. The van der Waals surface area contributed by atoms with Crippen LogP contribution in [0, 0.1) is 0 Å². The molecule has 2 unspecified atom stereocenters. The molecule has 1 aliphatic carbocycles. The summed E-state index contributed by atoms with van der Waals surface area (Å²) >= 11 is 1.24. The molecule has 1 aliphatic rings. The Hall–Kier alpha value is -2.00. The lowest BCUT2D eigenvalue weighted by Gasteiger charge is -2.21. The van der Waals surface area contributed by atoms with Gasteiger partial charge in [-0.25, -0.2) is 8.42 Å². The molecule has 0 radical (unpaired) electrons. The number of rotatable bonds is 6. The molecule has 146 valence electrons. The van der Waals surface area contributed by atoms with Gasteiger partial charge in [0.1, 0.15) is 5.01 Å². The normalized spacial score (nSPS) is 20.0. The first-order valence-electron chi connectivity index (χ1n) is 8.99. The molecule has 0 bridgehead atoms. The summed E-state index contributed by atoms with van der Waals surface area (Å²) in [4.78, 5) is 11.6. The minimum Gasteiger partial charge on any atom is -0.353 e. The first-order valence-corrected chi connectivity index (χ1v) is 11.3. The lowest BCUT2D eigenvalue weighted by Crippen LogP contribution is -2.34. The minimum absolute atomic E-state index is 0.0341. The van der Waals surface area contributed by atoms with E-state index in [1.807, 2.05) is 26.0 Å². The number of amides is 1. The molecule has 1 aromatic heterocycles. The Kier molecular flexibility index (Phi) is 5.81. The van der Waals surface area contributed by atoms with Crippen LogP contribution in [0.25, 0.3) is 0 Å². The zero-order chi connectivity index (χ0) is 19.6. The van der Waals surface area contributed by atoms with E-state index in [1.54, 1.807) is 12.1 Å². The second kappa shape index (κ2) is 7.93. The van der Waals surface area contributed by atoms with E-state index in [4.69, 9.17) is 0 Å². The van der Waals surface area contributed by atoms with Gasteiger partial charge >= 0.3 is 0 Å². The monoisotopic (exact) mass is 408 g/mol. The van der Waals surface area contributed by atoms with E-state index >= 15 is 0 Å². The average Bonchev–Trinajstić information content (AvgIpc) is 3.23. The Labute approximate surface area is 163 Å². The van der Waals surface area contributed by atoms with Crippen molar-refractivity contribution in [2.75, 3.05) is 4.72 Å². The van der Waals surface area contributed by atoms with Gasteiger partial charge in [0.05, 0.1) is 4.90 Å². The summed E-state index contributed by atoms with van der Waals surface area (Å²) < 4.78 is 27.7. The Bertz CT molecular complexity index is 907. The van der Waals surface area contributed by atoms with Gasteiger partial charge in [0, 0.05) is 24.8 Å². The highest BCUT2D eigenvalue weighted by molar-refractivity contribution is 7.93. The Morgan fingerprint density at radius 3 is 2.48 bits per heavy atom. The van der Waals surface area contributed by atoms with Crippen LogP contribution in [-0.2, 0) is 14.8 Å². The molecular formula is C18H24N4O3S2. The topological polar surface area (TPSA) is 101 Å². The van der Waals surface area contributed by atoms with Crippen LogP contribution in [-0.4, -0.2) is 30.6 Å². The van der Waals surface area contributed by atoms with Gasteiger partial charge in [-0.2, -0.15) is 0 Å². The van der Waals surface area contributed by atoms with Crippen molar-refractivity contribution in [3.8, 4) is 0 Å². The molecule has 1 amide bonds. The SMILES string of the molecule is CC(=O)NC1CCCC1c1ccc(S(=O)(=O)Nc2nnc(C(C)C)s2)cc1. The van der Waals surface area contributed by atoms with Crippen molar-refractivity contribution in [3.05, 3.63) is 34.8 Å². The van der Waals surface area contributed by atoms with Crippen molar-refractivity contribution in [2.24, 2.45) is 0 Å². The summed E-state index contributed by atoms with van der Waals surface area (Å²) in [6, 6.07) is 6.98. The van der Waals surface area contributed by atoms with Gasteiger partial charge in [0.2, 0.25) is 11.0 Å². The molecule has 0 aliphatic heterocycles. The van der Waals surface area contributed by atoms with E-state index in [2.05, 4.69) is 20.2 Å². The molecule has 1 aromatic carbocycles. The number of benzene rings is 1. The third-order valence-corrected chi connectivity index (χ3v) is 7.30. The number of carbonyl (C=O) groups is 1. The van der Waals surface area contributed by atoms with Crippen molar-refractivity contribution in [3.63, 3.8) is 0 Å². The van der Waals surface area contributed by atoms with Gasteiger partial charge in [-0.15, -0.1) is 10.2 Å². The van der Waals surface area contributed by atoms with Crippen LogP contribution in [0.5, 0.6) is 0 Å². The third-order valence-electron chi connectivity index (χ3n) is 4.68. The van der Waals surface area contributed by atoms with Crippen LogP contribution in [0.1, 0.15) is 62.4 Å². The molecule has 2 aromatic rings. The quantitative estimate of drug-likeness (QED) is 0.764. The first-order chi connectivity index (χ1) is 12.8. The third kappa shape index (κ3) is 4.65. The molecule has 7 nitrogen and oxygen atoms in total. The van der Waals surface area contributed by atoms with E-state index in [-0.39, 0.29) is 33.8 Å². The molecule has 2 atom stereocenters. The summed E-state index contributed by atoms with van der Waals surface area (Å²) in [6.45, 7) is 5.48. The van der Waals surface area contributed by atoms with E-state index in [9.17, 15) is 13.2 Å². The average molecular weight is 409 g/mol. The van der Waals surface area contributed by atoms with Crippen molar-refractivity contribution in [2.45, 2.75) is 62.8 Å². The second-order valence-electron chi connectivity index (χ2n) is 7.12. The molecular weight excluding hydrogens is 384 g/mol. The van der Waals surface area contributed by atoms with Gasteiger partial charge in [-0.1, -0.05) is 43.7 Å². The number of nitrogens with zero attached hydrogens (tertiary/aromatic N) is 2. The predicted molar refractivity (Wildman–Crippen MR) is 105 cm³/mol. The predicted octanol–water partition coefficient (Wildman–Crippen LogP) is 3.23. The van der Waals surface area contributed by atoms with E-state index < -0.39 is 10.0 Å². The first kappa shape index (κ1) is 19.8. The zero-order valence-electron chi connectivity index (χ0n) is 15.6. The molecule has 1 heterocycles. The fraction of sp³-hybridized carbons (Fsp3) is 0.500. The van der Waals surface area contributed by atoms with Gasteiger partial charge < -0.3 is 5.32 Å². The lowest BCUT2D eigenvalue weighted by atomic mass is 9.94. The summed E-state index contributed by atoms with van der Waals surface area (Å²) in [7, 11) is -3.71. The number of carbonyl (C=O) groups excluding carboxylic acids is 1. The van der Waals surface area contributed by atoms with Gasteiger partial charge in [0.15, 0.2) is 0 Å². The van der Waals surface area contributed by atoms with Crippen LogP contribution in [0.4, 0.5) is 5.13 Å². The molecule has 1 fully saturated rings. The highest BCUT2D eigenvalue weighted by Crippen LogP contribution is 2.35. The van der Waals surface area contributed by atoms with Crippen LogP contribution in [0.15, 0.2) is 29.2 Å². The van der Waals surface area contributed by atoms with E-state index in [1.165, 1.54) is 18.3 Å². The highest BCUT2D eigenvalue weighted by Gasteiger charge is 2.29. The van der Waals surface area contributed by atoms with Crippen molar-refractivity contribution in [1.82, 2.24) is 15.5 Å². The van der Waals surface area contributed by atoms with Crippen molar-refractivity contribution < 1.29 is 13.2 Å². The van der Waals surface area contributed by atoms with Crippen LogP contribution in [0.2, 0.25) is 0 Å². The van der Waals surface area contributed by atoms with Crippen LogP contribution < -0.4 is 10.0 Å². The van der Waals surface area contributed by atoms with Crippen LogP contribution in [0.3, 0.4) is 0 Å². The fourth-order valence-electron chi connectivity index (χ4n) is 3.37. The Morgan fingerprint density at radius 2 is 1.89 bits per heavy atom. The lowest BCUT2D eigenvalue weighted by molar-refractivity contribution is -0.119. The number of aromatic nitrogens is 2. The van der Waals surface area contributed by atoms with Crippen molar-refractivity contribution in [1.29, 1.82) is 0 Å². The smallest absolute Gasteiger partial charge is 0.263 e. The van der Waals surface area contributed by atoms with E-state index in [0.717, 1.165) is 29.8 Å². The largest absolute Gasteiger partial charge is 0.353 e. The Balaban J connectivity index is 1.74. The standard InChI is InChI=1S/C18H24N4O3S2/c1-11(2)17-20-21-18(26-17)22-27(24,25)14-9-7-13(8-10-14)15-5-4-6-16(15)19-12(3)23/h7-11,15-16H,4-6H2,1-3H3,(H,19,23)(H,21,22). The molecule has 27 heavy (non-hydrogen) atoms. The Morgan fingerprint density at radius 1 is 1.19 bits per heavy atom. The highest BCUT2D eigenvalue weighted by atomic mass is 32.2. The maximum absolute atomic E-state index is 12.6. The van der Waals surface area contributed by atoms with Gasteiger partial charge in [0.25, 0.3) is 10.0 Å². The number of nitrogens with one attached hydrogen (secondary N) is 2. The zero-order valence-corrected chi connectivity index (χ0v) is 17.2. The second-order valence-corrected chi connectivity index (χ2v) is 9.81. The number of hydrogen-bond acceptors (Lipinski definition) is 6. The molecule has 0 spiro atoms. The summed E-state index contributed by atoms with van der Waals surface area (Å²) in [5, 5.41) is 12.0. The number of sulfonamides is 1. The van der Waals surface area contributed by atoms with Gasteiger partial charge in [-0.3, -0.25) is 9.52 Å². The summed E-state index contributed by atoms with van der Waals surface area (Å²) in [5.41, 5.74) is 1.04. The number of anilines is 1. The number of hydrogen-bond donors (Lipinski definition) is 2. The molecule has 9 heteroatoms. The molecule has 1 saturated carbocycles. The summed E-state index contributed by atoms with van der Waals surface area (Å²) in [6.07, 6.45) is 2.98. The van der Waals surface area contributed by atoms with Gasteiger partial charge in [-0.05, 0) is 30.5 Å². The van der Waals surface area contributed by atoms with E-state index in [0.29, 0.717) is 0 Å². The summed E-state index contributed by atoms with van der Waals surface area (Å²) in [5.74, 6) is 0.381. The molecule has 2 N–H and O–H groups in total. The fourth-order valence-corrected chi connectivity index (χ4v) is 5.35. The van der Waals surface area contributed by atoms with Crippen LogP contribution >= 0.6 is 11.3 Å². The molecule has 3 rings (SSSR count). The molecule has 0 saturated heterocycles. The minimum atomic E-state index is -3.71. The van der Waals surface area contributed by atoms with Crippen molar-refractivity contribution >= 4 is 32.4 Å². The maximum Gasteiger partial charge on any atom is 0.263 e.